The highest BCUT2D eigenvalue weighted by Gasteiger charge is 2.26. The summed E-state index contributed by atoms with van der Waals surface area (Å²) < 4.78 is 37.0. The number of benzene rings is 1. The van der Waals surface area contributed by atoms with Crippen molar-refractivity contribution in [3.05, 3.63) is 41.7 Å². The lowest BCUT2D eigenvalue weighted by molar-refractivity contribution is -0.119. The van der Waals surface area contributed by atoms with Crippen LogP contribution < -0.4 is 5.32 Å². The van der Waals surface area contributed by atoms with Crippen molar-refractivity contribution in [2.24, 2.45) is 0 Å². The molecular formula is C19H23N3O6S. The number of nitrogens with zero attached hydrogens (tertiary/aromatic N) is 2. The summed E-state index contributed by atoms with van der Waals surface area (Å²) in [7, 11) is -3.68. The van der Waals surface area contributed by atoms with Gasteiger partial charge in [-0.25, -0.2) is 13.2 Å². The van der Waals surface area contributed by atoms with Gasteiger partial charge in [-0.15, -0.1) is 0 Å². The third kappa shape index (κ3) is 5.42. The minimum absolute atomic E-state index is 0.0383. The predicted octanol–water partition coefficient (Wildman–Crippen LogP) is 2.34. The van der Waals surface area contributed by atoms with Crippen LogP contribution in [0.2, 0.25) is 0 Å². The molecule has 3 rings (SSSR count). The highest BCUT2D eigenvalue weighted by Crippen LogP contribution is 2.21. The molecule has 0 saturated carbocycles. The minimum atomic E-state index is -3.68. The summed E-state index contributed by atoms with van der Waals surface area (Å²) in [4.78, 5) is 24.2. The molecule has 1 N–H and O–H groups in total. The zero-order valence-electron chi connectivity index (χ0n) is 16.1. The second-order valence-corrected chi connectivity index (χ2v) is 8.73. The molecule has 0 unspecified atom stereocenters. The first-order chi connectivity index (χ1) is 13.9. The SMILES string of the molecule is Cc1cc(NC(=O)COC(=O)c2cccc(S(=O)(=O)N3CCCCCC3)c2)no1. The van der Waals surface area contributed by atoms with E-state index in [4.69, 9.17) is 9.26 Å². The van der Waals surface area contributed by atoms with Crippen LogP contribution >= 0.6 is 0 Å². The van der Waals surface area contributed by atoms with Crippen molar-refractivity contribution >= 4 is 27.7 Å². The zero-order chi connectivity index (χ0) is 20.9. The molecule has 156 valence electrons. The van der Waals surface area contributed by atoms with Crippen molar-refractivity contribution in [3.63, 3.8) is 0 Å². The summed E-state index contributed by atoms with van der Waals surface area (Å²) in [5, 5.41) is 6.04. The lowest BCUT2D eigenvalue weighted by atomic mass is 10.2. The normalized spacial score (nSPS) is 15.5. The molecule has 0 radical (unpaired) electrons. The number of hydrogen-bond acceptors (Lipinski definition) is 7. The smallest absolute Gasteiger partial charge is 0.338 e. The number of aryl methyl sites for hydroxylation is 1. The topological polar surface area (TPSA) is 119 Å². The second kappa shape index (κ2) is 9.19. The molecule has 1 fully saturated rings. The molecule has 0 atom stereocenters. The number of sulfonamides is 1. The quantitative estimate of drug-likeness (QED) is 0.711. The summed E-state index contributed by atoms with van der Waals surface area (Å²) in [5.41, 5.74) is 0.0611. The molecule has 9 nitrogen and oxygen atoms in total. The Morgan fingerprint density at radius 2 is 1.90 bits per heavy atom. The number of anilines is 1. The van der Waals surface area contributed by atoms with Crippen LogP contribution in [0, 0.1) is 6.92 Å². The number of carbonyl (C=O) groups is 2. The lowest BCUT2D eigenvalue weighted by Crippen LogP contribution is -2.32. The monoisotopic (exact) mass is 421 g/mol. The van der Waals surface area contributed by atoms with Crippen LogP contribution in [0.4, 0.5) is 5.82 Å². The maximum Gasteiger partial charge on any atom is 0.338 e. The number of aromatic nitrogens is 1. The van der Waals surface area contributed by atoms with E-state index in [1.807, 2.05) is 0 Å². The maximum atomic E-state index is 12.9. The molecular weight excluding hydrogens is 398 g/mol. The van der Waals surface area contributed by atoms with Gasteiger partial charge in [0.1, 0.15) is 5.76 Å². The van der Waals surface area contributed by atoms with E-state index in [2.05, 4.69) is 10.5 Å². The average Bonchev–Trinajstić information content (AvgIpc) is 2.94. The van der Waals surface area contributed by atoms with Crippen molar-refractivity contribution in [1.29, 1.82) is 0 Å². The first-order valence-corrected chi connectivity index (χ1v) is 10.8. The number of amides is 1. The molecule has 1 aliphatic rings. The fourth-order valence-corrected chi connectivity index (χ4v) is 4.60. The molecule has 0 aliphatic carbocycles. The van der Waals surface area contributed by atoms with E-state index in [-0.39, 0.29) is 16.3 Å². The number of nitrogens with one attached hydrogen (secondary N) is 1. The largest absolute Gasteiger partial charge is 0.452 e. The predicted molar refractivity (Wildman–Crippen MR) is 104 cm³/mol. The number of hydrogen-bond donors (Lipinski definition) is 1. The summed E-state index contributed by atoms with van der Waals surface area (Å²) in [6, 6.07) is 7.19. The van der Waals surface area contributed by atoms with Gasteiger partial charge < -0.3 is 14.6 Å². The van der Waals surface area contributed by atoms with E-state index in [0.717, 1.165) is 25.7 Å². The molecule has 1 saturated heterocycles. The van der Waals surface area contributed by atoms with Crippen molar-refractivity contribution in [2.45, 2.75) is 37.5 Å². The standard InChI is InChI=1S/C19H23N3O6S/c1-14-11-17(21-28-14)20-18(23)13-27-19(24)15-7-6-8-16(12-15)29(25,26)22-9-4-2-3-5-10-22/h6-8,11-12H,2-5,9-10,13H2,1H3,(H,20,21,23). The molecule has 1 aliphatic heterocycles. The van der Waals surface area contributed by atoms with Crippen molar-refractivity contribution in [2.75, 3.05) is 25.0 Å². The Labute approximate surface area is 169 Å². The van der Waals surface area contributed by atoms with Crippen LogP contribution in [0.5, 0.6) is 0 Å². The molecule has 1 aromatic carbocycles. The number of esters is 1. The number of carbonyl (C=O) groups excluding carboxylic acids is 2. The number of ether oxygens (including phenoxy) is 1. The van der Waals surface area contributed by atoms with Crippen molar-refractivity contribution in [3.8, 4) is 0 Å². The van der Waals surface area contributed by atoms with E-state index in [1.54, 1.807) is 6.92 Å². The summed E-state index contributed by atoms with van der Waals surface area (Å²) >= 11 is 0. The van der Waals surface area contributed by atoms with Crippen molar-refractivity contribution < 1.29 is 27.3 Å². The number of rotatable bonds is 6. The van der Waals surface area contributed by atoms with Gasteiger partial charge >= 0.3 is 5.97 Å². The van der Waals surface area contributed by atoms with Gasteiger partial charge in [-0.2, -0.15) is 4.31 Å². The Morgan fingerprint density at radius 3 is 2.55 bits per heavy atom. The highest BCUT2D eigenvalue weighted by atomic mass is 32.2. The second-order valence-electron chi connectivity index (χ2n) is 6.79. The molecule has 0 bridgehead atoms. The van der Waals surface area contributed by atoms with E-state index < -0.39 is 28.5 Å². The Kier molecular flexibility index (Phi) is 6.65. The fourth-order valence-electron chi connectivity index (χ4n) is 3.03. The highest BCUT2D eigenvalue weighted by molar-refractivity contribution is 7.89. The maximum absolute atomic E-state index is 12.9. The first kappa shape index (κ1) is 21.0. The molecule has 2 aromatic rings. The Balaban J connectivity index is 1.63. The van der Waals surface area contributed by atoms with Crippen LogP contribution in [0.15, 0.2) is 39.8 Å². The Bertz CT molecular complexity index is 977. The zero-order valence-corrected chi connectivity index (χ0v) is 16.9. The fraction of sp³-hybridized carbons (Fsp3) is 0.421. The van der Waals surface area contributed by atoms with Gasteiger partial charge in [0.2, 0.25) is 10.0 Å². The van der Waals surface area contributed by atoms with Gasteiger partial charge in [-0.3, -0.25) is 4.79 Å². The van der Waals surface area contributed by atoms with Gasteiger partial charge in [0, 0.05) is 19.2 Å². The third-order valence-electron chi connectivity index (χ3n) is 4.50. The third-order valence-corrected chi connectivity index (χ3v) is 6.40. The molecule has 1 amide bonds. The average molecular weight is 421 g/mol. The lowest BCUT2D eigenvalue weighted by Gasteiger charge is -2.20. The van der Waals surface area contributed by atoms with Gasteiger partial charge in [0.15, 0.2) is 12.4 Å². The summed E-state index contributed by atoms with van der Waals surface area (Å²) in [5.74, 6) is -0.627. The van der Waals surface area contributed by atoms with Gasteiger partial charge in [0.25, 0.3) is 5.91 Å². The van der Waals surface area contributed by atoms with Crippen LogP contribution in [-0.4, -0.2) is 49.5 Å². The van der Waals surface area contributed by atoms with Crippen molar-refractivity contribution in [1.82, 2.24) is 9.46 Å². The molecule has 10 heteroatoms. The van der Waals surface area contributed by atoms with Crippen LogP contribution in [0.1, 0.15) is 41.8 Å². The first-order valence-electron chi connectivity index (χ1n) is 9.37. The summed E-state index contributed by atoms with van der Waals surface area (Å²) in [6.45, 7) is 2.08. The van der Waals surface area contributed by atoms with Gasteiger partial charge in [-0.05, 0) is 38.0 Å². The Hall–Kier alpha value is -2.72. The summed E-state index contributed by atoms with van der Waals surface area (Å²) in [6.07, 6.45) is 3.66. The molecule has 0 spiro atoms. The molecule has 29 heavy (non-hydrogen) atoms. The van der Waals surface area contributed by atoms with Gasteiger partial charge in [-0.1, -0.05) is 24.1 Å². The molecule has 1 aromatic heterocycles. The molecule has 2 heterocycles. The Morgan fingerprint density at radius 1 is 1.17 bits per heavy atom. The van der Waals surface area contributed by atoms with E-state index in [9.17, 15) is 18.0 Å². The van der Waals surface area contributed by atoms with E-state index >= 15 is 0 Å². The van der Waals surface area contributed by atoms with Crippen LogP contribution in [0.25, 0.3) is 0 Å². The van der Waals surface area contributed by atoms with E-state index in [1.165, 1.54) is 34.6 Å². The van der Waals surface area contributed by atoms with Gasteiger partial charge in [0.05, 0.1) is 10.5 Å². The minimum Gasteiger partial charge on any atom is -0.452 e. The van der Waals surface area contributed by atoms with Crippen LogP contribution in [0.3, 0.4) is 0 Å². The van der Waals surface area contributed by atoms with Crippen LogP contribution in [-0.2, 0) is 19.6 Å². The van der Waals surface area contributed by atoms with E-state index in [0.29, 0.717) is 18.8 Å².